The molecule has 0 fully saturated rings. The molecule has 6 nitrogen and oxygen atoms in total. The van der Waals surface area contributed by atoms with E-state index in [0.29, 0.717) is 16.4 Å². The van der Waals surface area contributed by atoms with E-state index in [4.69, 9.17) is 4.74 Å². The van der Waals surface area contributed by atoms with Crippen LogP contribution < -0.4 is 15.4 Å². The molecule has 0 saturated carbocycles. The summed E-state index contributed by atoms with van der Waals surface area (Å²) in [7, 11) is 1.56. The third kappa shape index (κ3) is 4.92. The Bertz CT molecular complexity index is 934. The Morgan fingerprint density at radius 1 is 1.07 bits per heavy atom. The van der Waals surface area contributed by atoms with Gasteiger partial charge in [-0.1, -0.05) is 29.8 Å². The number of thiazole rings is 1. The summed E-state index contributed by atoms with van der Waals surface area (Å²) in [4.78, 5) is 28.5. The first kappa shape index (κ1) is 18.6. The number of hydrogen-bond acceptors (Lipinski definition) is 5. The third-order valence-corrected chi connectivity index (χ3v) is 4.62. The molecule has 0 unspecified atom stereocenters. The van der Waals surface area contributed by atoms with Crippen molar-refractivity contribution in [1.82, 2.24) is 10.3 Å². The zero-order valence-electron chi connectivity index (χ0n) is 15.0. The number of nitrogens with zero attached hydrogens (tertiary/aromatic N) is 1. The number of rotatable bonds is 6. The summed E-state index contributed by atoms with van der Waals surface area (Å²) < 4.78 is 5.05. The predicted octanol–water partition coefficient (Wildman–Crippen LogP) is 3.50. The molecule has 138 valence electrons. The summed E-state index contributed by atoms with van der Waals surface area (Å²) in [6.07, 6.45) is 0. The lowest BCUT2D eigenvalue weighted by Crippen LogP contribution is -2.32. The Hall–Kier alpha value is -3.19. The van der Waals surface area contributed by atoms with Gasteiger partial charge in [-0.05, 0) is 31.2 Å². The molecule has 2 aromatic carbocycles. The monoisotopic (exact) mass is 381 g/mol. The molecule has 0 aliphatic rings. The number of aryl methyl sites for hydroxylation is 1. The van der Waals surface area contributed by atoms with Gasteiger partial charge < -0.3 is 15.4 Å². The molecule has 0 aliphatic heterocycles. The van der Waals surface area contributed by atoms with E-state index >= 15 is 0 Å². The minimum Gasteiger partial charge on any atom is -0.497 e. The molecule has 2 amide bonds. The SMILES string of the molecule is COc1ccc(C(=O)NCC(=O)Nc2nc(-c3ccc(C)cc3)cs2)cc1. The van der Waals surface area contributed by atoms with Crippen LogP contribution in [-0.2, 0) is 4.79 Å². The average molecular weight is 381 g/mol. The average Bonchev–Trinajstić information content (AvgIpc) is 3.15. The molecule has 7 heteroatoms. The van der Waals surface area contributed by atoms with E-state index in [0.717, 1.165) is 11.3 Å². The van der Waals surface area contributed by atoms with Gasteiger partial charge in [0.2, 0.25) is 5.91 Å². The highest BCUT2D eigenvalue weighted by Crippen LogP contribution is 2.25. The van der Waals surface area contributed by atoms with Crippen molar-refractivity contribution in [3.05, 3.63) is 65.0 Å². The van der Waals surface area contributed by atoms with E-state index in [1.165, 1.54) is 16.9 Å². The highest BCUT2D eigenvalue weighted by atomic mass is 32.1. The van der Waals surface area contributed by atoms with E-state index in [1.54, 1.807) is 31.4 Å². The molecule has 0 spiro atoms. The first-order valence-corrected chi connectivity index (χ1v) is 9.18. The Kier molecular flexibility index (Phi) is 5.83. The zero-order valence-corrected chi connectivity index (χ0v) is 15.8. The summed E-state index contributed by atoms with van der Waals surface area (Å²) in [6.45, 7) is 1.89. The van der Waals surface area contributed by atoms with Gasteiger partial charge in [-0.15, -0.1) is 11.3 Å². The van der Waals surface area contributed by atoms with Crippen LogP contribution in [0.4, 0.5) is 5.13 Å². The molecule has 27 heavy (non-hydrogen) atoms. The first-order chi connectivity index (χ1) is 13.0. The largest absolute Gasteiger partial charge is 0.497 e. The molecule has 2 N–H and O–H groups in total. The molecular weight excluding hydrogens is 362 g/mol. The van der Waals surface area contributed by atoms with Crippen molar-refractivity contribution in [3.8, 4) is 17.0 Å². The Morgan fingerprint density at radius 2 is 1.78 bits per heavy atom. The van der Waals surface area contributed by atoms with Gasteiger partial charge in [-0.3, -0.25) is 9.59 Å². The van der Waals surface area contributed by atoms with Gasteiger partial charge in [-0.2, -0.15) is 0 Å². The summed E-state index contributed by atoms with van der Waals surface area (Å²) in [6, 6.07) is 14.7. The van der Waals surface area contributed by atoms with Crippen LogP contribution in [0.2, 0.25) is 0 Å². The minimum absolute atomic E-state index is 0.135. The summed E-state index contributed by atoms with van der Waals surface area (Å²) in [5.41, 5.74) is 3.43. The highest BCUT2D eigenvalue weighted by molar-refractivity contribution is 7.14. The summed E-state index contributed by atoms with van der Waals surface area (Å²) >= 11 is 1.34. The van der Waals surface area contributed by atoms with E-state index in [9.17, 15) is 9.59 Å². The highest BCUT2D eigenvalue weighted by Gasteiger charge is 2.11. The number of carbonyl (C=O) groups excluding carboxylic acids is 2. The second-order valence-corrected chi connectivity index (χ2v) is 6.72. The number of benzene rings is 2. The van der Waals surface area contributed by atoms with Crippen molar-refractivity contribution in [3.63, 3.8) is 0 Å². The van der Waals surface area contributed by atoms with Crippen molar-refractivity contribution in [2.75, 3.05) is 19.0 Å². The van der Waals surface area contributed by atoms with Crippen LogP contribution in [0.15, 0.2) is 53.9 Å². The molecule has 0 atom stereocenters. The van der Waals surface area contributed by atoms with E-state index < -0.39 is 0 Å². The number of nitrogens with one attached hydrogen (secondary N) is 2. The molecule has 1 aromatic heterocycles. The maximum Gasteiger partial charge on any atom is 0.251 e. The third-order valence-electron chi connectivity index (χ3n) is 3.86. The number of amides is 2. The van der Waals surface area contributed by atoms with Gasteiger partial charge in [0.25, 0.3) is 5.91 Å². The van der Waals surface area contributed by atoms with Crippen LogP contribution in [0.1, 0.15) is 15.9 Å². The maximum absolute atomic E-state index is 12.1. The van der Waals surface area contributed by atoms with Crippen molar-refractivity contribution < 1.29 is 14.3 Å². The van der Waals surface area contributed by atoms with Gasteiger partial charge >= 0.3 is 0 Å². The fourth-order valence-electron chi connectivity index (χ4n) is 2.36. The van der Waals surface area contributed by atoms with Gasteiger partial charge in [0, 0.05) is 16.5 Å². The smallest absolute Gasteiger partial charge is 0.251 e. The number of methoxy groups -OCH3 is 1. The van der Waals surface area contributed by atoms with E-state index in [-0.39, 0.29) is 18.4 Å². The quantitative estimate of drug-likeness (QED) is 0.685. The predicted molar refractivity (Wildman–Crippen MR) is 106 cm³/mol. The van der Waals surface area contributed by atoms with Gasteiger partial charge in [0.1, 0.15) is 5.75 Å². The molecule has 0 bridgehead atoms. The fourth-order valence-corrected chi connectivity index (χ4v) is 3.09. The van der Waals surface area contributed by atoms with Crippen LogP contribution in [0.3, 0.4) is 0 Å². The number of ether oxygens (including phenoxy) is 1. The summed E-state index contributed by atoms with van der Waals surface area (Å²) in [5, 5.41) is 7.67. The van der Waals surface area contributed by atoms with Crippen LogP contribution in [-0.4, -0.2) is 30.5 Å². The van der Waals surface area contributed by atoms with Crippen molar-refractivity contribution in [2.45, 2.75) is 6.92 Å². The standard InChI is InChI=1S/C20H19N3O3S/c1-13-3-5-14(6-4-13)17-12-27-20(22-17)23-18(24)11-21-19(25)15-7-9-16(26-2)10-8-15/h3-10,12H,11H2,1-2H3,(H,21,25)(H,22,23,24). The molecule has 0 radical (unpaired) electrons. The summed E-state index contributed by atoms with van der Waals surface area (Å²) in [5.74, 6) is 0.00592. The molecule has 3 aromatic rings. The molecular formula is C20H19N3O3S. The van der Waals surface area contributed by atoms with Crippen LogP contribution in [0, 0.1) is 6.92 Å². The van der Waals surface area contributed by atoms with Crippen LogP contribution in [0.5, 0.6) is 5.75 Å². The Morgan fingerprint density at radius 3 is 2.44 bits per heavy atom. The minimum atomic E-state index is -0.332. The number of aromatic nitrogens is 1. The number of carbonyl (C=O) groups is 2. The normalized spacial score (nSPS) is 10.3. The van der Waals surface area contributed by atoms with Gasteiger partial charge in [0.05, 0.1) is 19.3 Å². The van der Waals surface area contributed by atoms with Crippen molar-refractivity contribution in [1.29, 1.82) is 0 Å². The zero-order chi connectivity index (χ0) is 19.2. The van der Waals surface area contributed by atoms with Crippen LogP contribution in [0.25, 0.3) is 11.3 Å². The molecule has 0 aliphatic carbocycles. The first-order valence-electron chi connectivity index (χ1n) is 8.30. The van der Waals surface area contributed by atoms with Crippen molar-refractivity contribution >= 4 is 28.3 Å². The lowest BCUT2D eigenvalue weighted by Gasteiger charge is -2.06. The lowest BCUT2D eigenvalue weighted by molar-refractivity contribution is -0.115. The van der Waals surface area contributed by atoms with Gasteiger partial charge in [-0.25, -0.2) is 4.98 Å². The second kappa shape index (κ2) is 8.46. The maximum atomic E-state index is 12.1. The topological polar surface area (TPSA) is 80.3 Å². The molecule has 3 rings (SSSR count). The number of hydrogen-bond donors (Lipinski definition) is 2. The Balaban J connectivity index is 1.53. The van der Waals surface area contributed by atoms with E-state index in [1.807, 2.05) is 36.6 Å². The second-order valence-electron chi connectivity index (χ2n) is 5.86. The fraction of sp³-hybridized carbons (Fsp3) is 0.150. The van der Waals surface area contributed by atoms with Crippen LogP contribution >= 0.6 is 11.3 Å². The number of anilines is 1. The molecule has 1 heterocycles. The Labute approximate surface area is 161 Å². The van der Waals surface area contributed by atoms with Crippen molar-refractivity contribution in [2.24, 2.45) is 0 Å². The lowest BCUT2D eigenvalue weighted by atomic mass is 10.1. The van der Waals surface area contributed by atoms with Gasteiger partial charge in [0.15, 0.2) is 5.13 Å². The molecule has 0 saturated heterocycles. The van der Waals surface area contributed by atoms with E-state index in [2.05, 4.69) is 15.6 Å².